The van der Waals surface area contributed by atoms with Crippen molar-refractivity contribution in [3.8, 4) is 23.3 Å². The number of halogens is 3. The van der Waals surface area contributed by atoms with Gasteiger partial charge in [-0.25, -0.2) is 4.98 Å². The lowest BCUT2D eigenvalue weighted by molar-refractivity contribution is 0.285. The van der Waals surface area contributed by atoms with Gasteiger partial charge in [0.15, 0.2) is 11.5 Å². The van der Waals surface area contributed by atoms with Crippen LogP contribution in [0.2, 0.25) is 15.1 Å². The molecule has 0 radical (unpaired) electrons. The predicted molar refractivity (Wildman–Crippen MR) is 135 cm³/mol. The van der Waals surface area contributed by atoms with Gasteiger partial charge < -0.3 is 19.2 Å². The molecule has 1 N–H and O–H groups in total. The minimum absolute atomic E-state index is 0.174. The summed E-state index contributed by atoms with van der Waals surface area (Å²) in [5, 5.41) is 11.1. The first-order chi connectivity index (χ1) is 16.4. The van der Waals surface area contributed by atoms with Gasteiger partial charge in [0.05, 0.1) is 35.8 Å². The molecule has 6 nitrogen and oxygen atoms in total. The number of hydrogen-bond acceptors (Lipinski definition) is 5. The number of imidazole rings is 1. The minimum Gasteiger partial charge on any atom is -0.497 e. The predicted octanol–water partition coefficient (Wildman–Crippen LogP) is 7.18. The van der Waals surface area contributed by atoms with Gasteiger partial charge >= 0.3 is 0 Å². The first-order valence-corrected chi connectivity index (χ1v) is 11.2. The molecule has 0 aliphatic carbocycles. The molecule has 0 saturated heterocycles. The van der Waals surface area contributed by atoms with E-state index < -0.39 is 0 Å². The molecule has 1 aromatic heterocycles. The molecule has 0 amide bonds. The lowest BCUT2D eigenvalue weighted by Gasteiger charge is -2.14. The van der Waals surface area contributed by atoms with Crippen LogP contribution >= 0.6 is 34.8 Å². The number of aromatic amines is 1. The molecule has 172 valence electrons. The van der Waals surface area contributed by atoms with E-state index in [0.29, 0.717) is 49.3 Å². The van der Waals surface area contributed by atoms with Gasteiger partial charge in [0.2, 0.25) is 0 Å². The number of nitrogens with one attached hydrogen (secondary N) is 1. The van der Waals surface area contributed by atoms with Crippen molar-refractivity contribution in [1.82, 2.24) is 9.97 Å². The second kappa shape index (κ2) is 10.3. The molecule has 9 heteroatoms. The summed E-state index contributed by atoms with van der Waals surface area (Å²) < 4.78 is 16.6. The Morgan fingerprint density at radius 3 is 2.56 bits per heavy atom. The van der Waals surface area contributed by atoms with E-state index in [-0.39, 0.29) is 6.61 Å². The highest BCUT2D eigenvalue weighted by molar-refractivity contribution is 6.35. The average Bonchev–Trinajstić information content (AvgIpc) is 3.25. The van der Waals surface area contributed by atoms with E-state index in [9.17, 15) is 5.26 Å². The summed E-state index contributed by atoms with van der Waals surface area (Å²) in [7, 11) is 3.10. The highest BCUT2D eigenvalue weighted by atomic mass is 35.5. The summed E-state index contributed by atoms with van der Waals surface area (Å²) in [6.45, 7) is 0.174. The van der Waals surface area contributed by atoms with Gasteiger partial charge in [-0.15, -0.1) is 0 Å². The van der Waals surface area contributed by atoms with Crippen molar-refractivity contribution >= 4 is 57.5 Å². The Kier molecular flexibility index (Phi) is 7.18. The summed E-state index contributed by atoms with van der Waals surface area (Å²) in [5.41, 5.74) is 3.21. The molecule has 0 aliphatic rings. The van der Waals surface area contributed by atoms with Gasteiger partial charge in [-0.05, 0) is 48.0 Å². The van der Waals surface area contributed by atoms with Crippen LogP contribution in [0.1, 0.15) is 17.0 Å². The maximum atomic E-state index is 9.76. The largest absolute Gasteiger partial charge is 0.497 e. The normalized spacial score (nSPS) is 11.4. The van der Waals surface area contributed by atoms with E-state index >= 15 is 0 Å². The molecule has 34 heavy (non-hydrogen) atoms. The average molecular weight is 515 g/mol. The number of nitriles is 1. The molecule has 4 aromatic rings. The van der Waals surface area contributed by atoms with E-state index in [4.69, 9.17) is 49.0 Å². The van der Waals surface area contributed by atoms with Gasteiger partial charge in [-0.2, -0.15) is 5.26 Å². The zero-order chi connectivity index (χ0) is 24.2. The van der Waals surface area contributed by atoms with Gasteiger partial charge in [0.1, 0.15) is 24.3 Å². The van der Waals surface area contributed by atoms with Crippen molar-refractivity contribution in [3.05, 3.63) is 80.6 Å². The quantitative estimate of drug-likeness (QED) is 0.264. The second-order valence-electron chi connectivity index (χ2n) is 7.20. The third-order valence-electron chi connectivity index (χ3n) is 5.01. The summed E-state index contributed by atoms with van der Waals surface area (Å²) in [6, 6.07) is 16.2. The lowest BCUT2D eigenvalue weighted by atomic mass is 10.1. The smallest absolute Gasteiger partial charge is 0.180 e. The molecule has 0 unspecified atom stereocenters. The SMILES string of the molecule is COc1ccc2nc(/C(C#N)=C\c3cc(Cl)c(OCc4ccc(Cl)cc4Cl)c(OC)c3)[nH]c2c1. The summed E-state index contributed by atoms with van der Waals surface area (Å²) >= 11 is 18.7. The Labute approximate surface area is 211 Å². The number of rotatable bonds is 7. The summed E-state index contributed by atoms with van der Waals surface area (Å²) in [4.78, 5) is 7.65. The van der Waals surface area contributed by atoms with Crippen LogP contribution in [0.25, 0.3) is 22.7 Å². The highest BCUT2D eigenvalue weighted by Crippen LogP contribution is 2.38. The first-order valence-electron chi connectivity index (χ1n) is 10.0. The number of nitrogens with zero attached hydrogens (tertiary/aromatic N) is 2. The maximum absolute atomic E-state index is 9.76. The number of aromatic nitrogens is 2. The summed E-state index contributed by atoms with van der Waals surface area (Å²) in [5.74, 6) is 1.90. The van der Waals surface area contributed by atoms with Gasteiger partial charge in [-0.1, -0.05) is 40.9 Å². The fourth-order valence-electron chi connectivity index (χ4n) is 3.32. The van der Waals surface area contributed by atoms with Crippen molar-refractivity contribution in [2.45, 2.75) is 6.61 Å². The molecule has 0 aliphatic heterocycles. The first kappa shape index (κ1) is 23.8. The zero-order valence-electron chi connectivity index (χ0n) is 18.2. The van der Waals surface area contributed by atoms with Crippen LogP contribution in [0.15, 0.2) is 48.5 Å². The van der Waals surface area contributed by atoms with Crippen molar-refractivity contribution < 1.29 is 14.2 Å². The van der Waals surface area contributed by atoms with Crippen molar-refractivity contribution in [1.29, 1.82) is 5.26 Å². The van der Waals surface area contributed by atoms with E-state index in [0.717, 1.165) is 16.6 Å². The third kappa shape index (κ3) is 5.07. The Morgan fingerprint density at radius 1 is 1.03 bits per heavy atom. The van der Waals surface area contributed by atoms with E-state index in [1.165, 1.54) is 7.11 Å². The molecular formula is C25H18Cl3N3O3. The Bertz CT molecular complexity index is 1440. The van der Waals surface area contributed by atoms with Crippen LogP contribution in [-0.2, 0) is 6.61 Å². The monoisotopic (exact) mass is 513 g/mol. The Hall–Kier alpha value is -3.37. The van der Waals surface area contributed by atoms with Gasteiger partial charge in [0, 0.05) is 21.7 Å². The molecule has 4 rings (SSSR count). The summed E-state index contributed by atoms with van der Waals surface area (Å²) in [6.07, 6.45) is 1.67. The Balaban J connectivity index is 1.64. The van der Waals surface area contributed by atoms with E-state index in [1.807, 2.05) is 18.2 Å². The van der Waals surface area contributed by atoms with Crippen LogP contribution in [0.5, 0.6) is 17.2 Å². The van der Waals surface area contributed by atoms with Crippen LogP contribution in [0.4, 0.5) is 0 Å². The lowest BCUT2D eigenvalue weighted by Crippen LogP contribution is -1.99. The number of ether oxygens (including phenoxy) is 3. The number of benzene rings is 3. The van der Waals surface area contributed by atoms with Gasteiger partial charge in [0.25, 0.3) is 0 Å². The van der Waals surface area contributed by atoms with Crippen molar-refractivity contribution in [2.75, 3.05) is 14.2 Å². The standard InChI is InChI=1S/C25H18Cl3N3O3/c1-32-18-5-6-21-22(11-18)31-25(30-21)16(12-29)7-14-8-20(28)24(23(9-14)33-2)34-13-15-3-4-17(26)10-19(15)27/h3-11H,13H2,1-2H3,(H,30,31)/b16-7-. The molecule has 0 fully saturated rings. The molecule has 0 spiro atoms. The number of methoxy groups -OCH3 is 2. The molecule has 0 atom stereocenters. The van der Waals surface area contributed by atoms with E-state index in [2.05, 4.69) is 16.0 Å². The minimum atomic E-state index is 0.174. The molecule has 3 aromatic carbocycles. The highest BCUT2D eigenvalue weighted by Gasteiger charge is 2.15. The van der Waals surface area contributed by atoms with Crippen molar-refractivity contribution in [3.63, 3.8) is 0 Å². The fraction of sp³-hybridized carbons (Fsp3) is 0.120. The maximum Gasteiger partial charge on any atom is 0.180 e. The number of allylic oxidation sites excluding steroid dienone is 1. The fourth-order valence-corrected chi connectivity index (χ4v) is 4.05. The number of H-pyrrole nitrogens is 1. The molecular weight excluding hydrogens is 497 g/mol. The molecule has 0 saturated carbocycles. The zero-order valence-corrected chi connectivity index (χ0v) is 20.4. The van der Waals surface area contributed by atoms with Crippen LogP contribution in [0.3, 0.4) is 0 Å². The molecule has 0 bridgehead atoms. The topological polar surface area (TPSA) is 80.2 Å². The van der Waals surface area contributed by atoms with E-state index in [1.54, 1.807) is 43.5 Å². The van der Waals surface area contributed by atoms with Crippen LogP contribution in [-0.4, -0.2) is 24.2 Å². The van der Waals surface area contributed by atoms with Gasteiger partial charge in [-0.3, -0.25) is 0 Å². The third-order valence-corrected chi connectivity index (χ3v) is 5.88. The second-order valence-corrected chi connectivity index (χ2v) is 8.45. The molecule has 1 heterocycles. The van der Waals surface area contributed by atoms with Crippen molar-refractivity contribution in [2.24, 2.45) is 0 Å². The number of hydrogen-bond donors (Lipinski definition) is 1. The Morgan fingerprint density at radius 2 is 1.85 bits per heavy atom. The van der Waals surface area contributed by atoms with Crippen LogP contribution < -0.4 is 14.2 Å². The van der Waals surface area contributed by atoms with Crippen LogP contribution in [0, 0.1) is 11.3 Å². The number of fused-ring (bicyclic) bond motifs is 1.